The molecule has 0 aliphatic heterocycles. The summed E-state index contributed by atoms with van der Waals surface area (Å²) in [6.07, 6.45) is 4.72. The van der Waals surface area contributed by atoms with Crippen LogP contribution < -0.4 is 4.74 Å². The molecule has 0 saturated heterocycles. The summed E-state index contributed by atoms with van der Waals surface area (Å²) < 4.78 is 10.8. The number of fused-ring (bicyclic) bond motifs is 1. The van der Waals surface area contributed by atoms with Crippen molar-refractivity contribution in [1.29, 1.82) is 0 Å². The number of furan rings is 1. The highest BCUT2D eigenvalue weighted by Crippen LogP contribution is 2.37. The summed E-state index contributed by atoms with van der Waals surface area (Å²) in [6, 6.07) is 14.6. The number of rotatable bonds is 9. The Morgan fingerprint density at radius 1 is 1.18 bits per heavy atom. The number of carbonyl (C=O) groups excluding carboxylic acids is 1. The number of ether oxygens (including phenoxy) is 1. The fraction of sp³-hybridized carbons (Fsp3) is 0.385. The summed E-state index contributed by atoms with van der Waals surface area (Å²) in [5.41, 5.74) is 2.55. The van der Waals surface area contributed by atoms with Gasteiger partial charge in [0.15, 0.2) is 6.61 Å². The Kier molecular flexibility index (Phi) is 6.99. The van der Waals surface area contributed by atoms with Crippen LogP contribution >= 0.6 is 0 Å². The van der Waals surface area contributed by atoms with Gasteiger partial charge < -0.3 is 24.3 Å². The Hall–Kier alpha value is -3.32. The second-order valence-corrected chi connectivity index (χ2v) is 8.77. The molecule has 1 saturated carbocycles. The predicted octanol–water partition coefficient (Wildman–Crippen LogP) is 4.19. The van der Waals surface area contributed by atoms with Crippen LogP contribution in [-0.4, -0.2) is 46.7 Å². The molecule has 1 amide bonds. The molecule has 3 aromatic rings. The van der Waals surface area contributed by atoms with Crippen molar-refractivity contribution in [2.24, 2.45) is 5.92 Å². The van der Waals surface area contributed by atoms with E-state index in [1.54, 1.807) is 30.3 Å². The van der Waals surface area contributed by atoms with Crippen LogP contribution in [0.1, 0.15) is 42.9 Å². The number of aliphatic hydroxyl groups excluding tert-OH is 1. The second kappa shape index (κ2) is 10.1. The van der Waals surface area contributed by atoms with Crippen molar-refractivity contribution in [2.75, 3.05) is 13.7 Å². The number of hydrogen-bond acceptors (Lipinski definition) is 5. The third-order valence-electron chi connectivity index (χ3n) is 6.46. The van der Waals surface area contributed by atoms with Crippen molar-refractivity contribution >= 4 is 22.8 Å². The van der Waals surface area contributed by atoms with E-state index in [1.165, 1.54) is 0 Å². The maximum atomic E-state index is 13.4. The largest absolute Gasteiger partial charge is 0.482 e. The first-order valence-corrected chi connectivity index (χ1v) is 11.2. The molecule has 0 radical (unpaired) electrons. The Labute approximate surface area is 192 Å². The van der Waals surface area contributed by atoms with Crippen molar-refractivity contribution < 1.29 is 29.0 Å². The number of carboxylic acids is 1. The molecule has 1 aliphatic carbocycles. The molecule has 2 aromatic carbocycles. The van der Waals surface area contributed by atoms with Crippen molar-refractivity contribution in [2.45, 2.75) is 44.2 Å². The fourth-order valence-corrected chi connectivity index (χ4v) is 4.73. The molecule has 0 bridgehead atoms. The quantitative estimate of drug-likeness (QED) is 0.506. The van der Waals surface area contributed by atoms with Crippen LogP contribution in [0.4, 0.5) is 0 Å². The van der Waals surface area contributed by atoms with Crippen LogP contribution in [0.5, 0.6) is 5.75 Å². The van der Waals surface area contributed by atoms with Gasteiger partial charge in [-0.1, -0.05) is 24.3 Å². The lowest BCUT2D eigenvalue weighted by atomic mass is 9.92. The van der Waals surface area contributed by atoms with Gasteiger partial charge in [0.25, 0.3) is 0 Å². The summed E-state index contributed by atoms with van der Waals surface area (Å²) in [7, 11) is 1.80. The molecule has 2 N–H and O–H groups in total. The van der Waals surface area contributed by atoms with E-state index in [2.05, 4.69) is 0 Å². The van der Waals surface area contributed by atoms with Crippen LogP contribution in [0, 0.1) is 5.92 Å². The molecule has 7 nitrogen and oxygen atoms in total. The zero-order valence-electron chi connectivity index (χ0n) is 18.6. The molecule has 1 aliphatic rings. The SMILES string of the molecule is CN(C(=O)Cc1cccc2occc12)[C@@H](CC1CC[C@@H](O)C1)c1cccc(OCC(=O)O)c1. The predicted molar refractivity (Wildman–Crippen MR) is 123 cm³/mol. The molecule has 1 aromatic heterocycles. The topological polar surface area (TPSA) is 100 Å². The maximum Gasteiger partial charge on any atom is 0.341 e. The van der Waals surface area contributed by atoms with Crippen molar-refractivity contribution in [1.82, 2.24) is 4.90 Å². The van der Waals surface area contributed by atoms with E-state index >= 15 is 0 Å². The molecule has 1 heterocycles. The molecule has 174 valence electrons. The van der Waals surface area contributed by atoms with Gasteiger partial charge in [-0.05, 0) is 67.0 Å². The van der Waals surface area contributed by atoms with Gasteiger partial charge >= 0.3 is 5.97 Å². The minimum Gasteiger partial charge on any atom is -0.482 e. The average Bonchev–Trinajstić information content (AvgIpc) is 3.45. The Balaban J connectivity index is 1.57. The van der Waals surface area contributed by atoms with Gasteiger partial charge in [0.05, 0.1) is 24.8 Å². The molecule has 33 heavy (non-hydrogen) atoms. The average molecular weight is 452 g/mol. The highest BCUT2D eigenvalue weighted by molar-refractivity contribution is 5.87. The van der Waals surface area contributed by atoms with Crippen LogP contribution in [0.3, 0.4) is 0 Å². The van der Waals surface area contributed by atoms with Crippen LogP contribution in [0.25, 0.3) is 11.0 Å². The van der Waals surface area contributed by atoms with Gasteiger partial charge in [-0.3, -0.25) is 4.79 Å². The molecule has 7 heteroatoms. The molecule has 4 rings (SSSR count). The van der Waals surface area contributed by atoms with Crippen LogP contribution in [0.2, 0.25) is 0 Å². The normalized spacial score (nSPS) is 18.8. The highest BCUT2D eigenvalue weighted by Gasteiger charge is 2.30. The molecular formula is C26H29NO6. The van der Waals surface area contributed by atoms with E-state index in [0.717, 1.165) is 47.8 Å². The number of aliphatic carboxylic acids is 1. The summed E-state index contributed by atoms with van der Waals surface area (Å²) >= 11 is 0. The minimum absolute atomic E-state index is 0.0240. The number of aliphatic hydroxyl groups is 1. The first-order valence-electron chi connectivity index (χ1n) is 11.2. The molecule has 3 atom stereocenters. The van der Waals surface area contributed by atoms with Crippen LogP contribution in [-0.2, 0) is 16.0 Å². The second-order valence-electron chi connectivity index (χ2n) is 8.77. The van der Waals surface area contributed by atoms with E-state index in [-0.39, 0.29) is 24.5 Å². The van der Waals surface area contributed by atoms with E-state index in [0.29, 0.717) is 11.7 Å². The fourth-order valence-electron chi connectivity index (χ4n) is 4.73. The summed E-state index contributed by atoms with van der Waals surface area (Å²) in [5, 5.41) is 19.9. The maximum absolute atomic E-state index is 13.4. The van der Waals surface area contributed by atoms with Gasteiger partial charge in [-0.15, -0.1) is 0 Å². The lowest BCUT2D eigenvalue weighted by Crippen LogP contribution is -2.33. The van der Waals surface area contributed by atoms with Gasteiger partial charge in [0, 0.05) is 12.4 Å². The molecule has 1 unspecified atom stereocenters. The monoisotopic (exact) mass is 451 g/mol. The first-order chi connectivity index (χ1) is 15.9. The van der Waals surface area contributed by atoms with Gasteiger partial charge in [0.2, 0.25) is 5.91 Å². The van der Waals surface area contributed by atoms with Crippen molar-refractivity contribution in [3.63, 3.8) is 0 Å². The lowest BCUT2D eigenvalue weighted by molar-refractivity contribution is -0.139. The number of carboxylic acid groups (broad SMARTS) is 1. The molecular weight excluding hydrogens is 422 g/mol. The highest BCUT2D eigenvalue weighted by atomic mass is 16.5. The zero-order chi connectivity index (χ0) is 23.4. The van der Waals surface area contributed by atoms with E-state index in [1.807, 2.05) is 36.4 Å². The summed E-state index contributed by atoms with van der Waals surface area (Å²) in [4.78, 5) is 26.0. The first kappa shape index (κ1) is 22.9. The number of likely N-dealkylation sites (N-methyl/N-ethyl adjacent to an activating group) is 1. The van der Waals surface area contributed by atoms with Gasteiger partial charge in [-0.2, -0.15) is 0 Å². The van der Waals surface area contributed by atoms with Gasteiger partial charge in [0.1, 0.15) is 11.3 Å². The van der Waals surface area contributed by atoms with Crippen molar-refractivity contribution in [3.05, 3.63) is 65.9 Å². The summed E-state index contributed by atoms with van der Waals surface area (Å²) in [5.74, 6) is -0.307. The smallest absolute Gasteiger partial charge is 0.341 e. The third-order valence-corrected chi connectivity index (χ3v) is 6.46. The number of amides is 1. The molecule has 0 spiro atoms. The van der Waals surface area contributed by atoms with E-state index in [4.69, 9.17) is 14.3 Å². The third kappa shape index (κ3) is 5.54. The number of benzene rings is 2. The molecule has 1 fully saturated rings. The Bertz CT molecular complexity index is 1120. The van der Waals surface area contributed by atoms with Crippen molar-refractivity contribution in [3.8, 4) is 5.75 Å². The minimum atomic E-state index is -1.04. The zero-order valence-corrected chi connectivity index (χ0v) is 18.6. The van der Waals surface area contributed by atoms with Crippen LogP contribution in [0.15, 0.2) is 59.2 Å². The summed E-state index contributed by atoms with van der Waals surface area (Å²) in [6.45, 7) is -0.424. The van der Waals surface area contributed by atoms with E-state index in [9.17, 15) is 14.7 Å². The Morgan fingerprint density at radius 3 is 2.76 bits per heavy atom. The van der Waals surface area contributed by atoms with E-state index < -0.39 is 12.6 Å². The lowest BCUT2D eigenvalue weighted by Gasteiger charge is -2.31. The number of hydrogen-bond donors (Lipinski definition) is 2. The standard InChI is InChI=1S/C26H29NO6/c1-27(25(29)15-18-4-3-7-24-22(18)10-11-32-24)23(13-17-8-9-20(28)12-17)19-5-2-6-21(14-19)33-16-26(30)31/h2-7,10-11,14,17,20,23,28H,8-9,12-13,15-16H2,1H3,(H,30,31)/t17?,20-,23+/m1/s1. The van der Waals surface area contributed by atoms with Gasteiger partial charge in [-0.25, -0.2) is 4.79 Å². The number of nitrogens with zero attached hydrogens (tertiary/aromatic N) is 1. The Morgan fingerprint density at radius 2 is 2.00 bits per heavy atom. The number of carbonyl (C=O) groups is 2.